The van der Waals surface area contributed by atoms with Crippen molar-refractivity contribution in [2.45, 2.75) is 31.6 Å². The number of carbonyl (C=O) groups excluding carboxylic acids is 1. The third-order valence-electron chi connectivity index (χ3n) is 3.74. The average Bonchev–Trinajstić information content (AvgIpc) is 3.30. The standard InChI is InChI=1S/C18H20N4O2S/c1-3-22-17(14-8-5-4-6-9-14)20-21-18(22)25-12-16(23)19-13(2)15-10-7-11-24-15/h4-11,13H,3,12H2,1-2H3,(H,19,23)/t13-/m1/s1. The molecule has 0 bridgehead atoms. The van der Waals surface area contributed by atoms with Crippen molar-refractivity contribution in [3.8, 4) is 11.4 Å². The quantitative estimate of drug-likeness (QED) is 0.656. The highest BCUT2D eigenvalue weighted by molar-refractivity contribution is 7.99. The van der Waals surface area contributed by atoms with E-state index in [0.29, 0.717) is 0 Å². The minimum Gasteiger partial charge on any atom is -0.467 e. The van der Waals surface area contributed by atoms with Crippen LogP contribution in [0.5, 0.6) is 0 Å². The second-order valence-electron chi connectivity index (χ2n) is 5.51. The Balaban J connectivity index is 1.63. The maximum Gasteiger partial charge on any atom is 0.231 e. The van der Waals surface area contributed by atoms with Gasteiger partial charge in [-0.3, -0.25) is 4.79 Å². The molecule has 3 rings (SSSR count). The third kappa shape index (κ3) is 4.11. The molecule has 0 fully saturated rings. The Bertz CT molecular complexity index is 815. The molecule has 2 heterocycles. The lowest BCUT2D eigenvalue weighted by Crippen LogP contribution is -2.28. The Kier molecular flexibility index (Phi) is 5.55. The van der Waals surface area contributed by atoms with Crippen LogP contribution in [0.4, 0.5) is 0 Å². The van der Waals surface area contributed by atoms with Crippen LogP contribution in [-0.4, -0.2) is 26.4 Å². The molecule has 0 aliphatic heterocycles. The first kappa shape index (κ1) is 17.3. The summed E-state index contributed by atoms with van der Waals surface area (Å²) in [5.41, 5.74) is 1.01. The summed E-state index contributed by atoms with van der Waals surface area (Å²) in [5, 5.41) is 12.2. The molecule has 0 aliphatic rings. The Morgan fingerprint density at radius 2 is 2.04 bits per heavy atom. The lowest BCUT2D eigenvalue weighted by atomic mass is 10.2. The lowest BCUT2D eigenvalue weighted by Gasteiger charge is -2.11. The fourth-order valence-corrected chi connectivity index (χ4v) is 3.32. The summed E-state index contributed by atoms with van der Waals surface area (Å²) >= 11 is 1.38. The van der Waals surface area contributed by atoms with E-state index in [1.54, 1.807) is 6.26 Å². The van der Waals surface area contributed by atoms with Gasteiger partial charge in [-0.25, -0.2) is 0 Å². The molecular formula is C18H20N4O2S. The number of nitrogens with one attached hydrogen (secondary N) is 1. The number of nitrogens with zero attached hydrogens (tertiary/aromatic N) is 3. The van der Waals surface area contributed by atoms with Crippen molar-refractivity contribution in [1.29, 1.82) is 0 Å². The summed E-state index contributed by atoms with van der Waals surface area (Å²) in [5.74, 6) is 1.76. The van der Waals surface area contributed by atoms with E-state index in [9.17, 15) is 4.79 Å². The molecule has 25 heavy (non-hydrogen) atoms. The highest BCUT2D eigenvalue weighted by atomic mass is 32.2. The van der Waals surface area contributed by atoms with Crippen molar-refractivity contribution in [3.63, 3.8) is 0 Å². The lowest BCUT2D eigenvalue weighted by molar-refractivity contribution is -0.119. The molecule has 1 amide bonds. The summed E-state index contributed by atoms with van der Waals surface area (Å²) in [4.78, 5) is 12.2. The van der Waals surface area contributed by atoms with Crippen LogP contribution < -0.4 is 5.32 Å². The van der Waals surface area contributed by atoms with Gasteiger partial charge in [-0.1, -0.05) is 42.1 Å². The van der Waals surface area contributed by atoms with Gasteiger partial charge in [0.25, 0.3) is 0 Å². The molecule has 130 valence electrons. The molecule has 7 heteroatoms. The Hall–Kier alpha value is -2.54. The van der Waals surface area contributed by atoms with Crippen molar-refractivity contribution >= 4 is 17.7 Å². The largest absolute Gasteiger partial charge is 0.467 e. The van der Waals surface area contributed by atoms with Gasteiger partial charge in [0.05, 0.1) is 18.1 Å². The van der Waals surface area contributed by atoms with Gasteiger partial charge in [0, 0.05) is 12.1 Å². The van der Waals surface area contributed by atoms with Crippen molar-refractivity contribution in [1.82, 2.24) is 20.1 Å². The van der Waals surface area contributed by atoms with Crippen molar-refractivity contribution in [2.75, 3.05) is 5.75 Å². The van der Waals surface area contributed by atoms with Gasteiger partial charge >= 0.3 is 0 Å². The van der Waals surface area contributed by atoms with Crippen LogP contribution in [0, 0.1) is 0 Å². The predicted molar refractivity (Wildman–Crippen MR) is 97.1 cm³/mol. The Labute approximate surface area is 150 Å². The van der Waals surface area contributed by atoms with Gasteiger partial charge in [-0.05, 0) is 26.0 Å². The molecule has 1 atom stereocenters. The van der Waals surface area contributed by atoms with E-state index in [0.717, 1.165) is 28.8 Å². The Morgan fingerprint density at radius 3 is 2.72 bits per heavy atom. The molecule has 0 aliphatic carbocycles. The SMILES string of the molecule is CCn1c(SCC(=O)N[C@H](C)c2ccco2)nnc1-c1ccccc1. The van der Waals surface area contributed by atoms with Crippen LogP contribution in [0.3, 0.4) is 0 Å². The molecule has 0 saturated heterocycles. The number of hydrogen-bond acceptors (Lipinski definition) is 5. The maximum absolute atomic E-state index is 12.2. The van der Waals surface area contributed by atoms with E-state index >= 15 is 0 Å². The minimum absolute atomic E-state index is 0.0687. The molecule has 0 saturated carbocycles. The second kappa shape index (κ2) is 8.02. The van der Waals surface area contributed by atoms with Crippen LogP contribution in [0.1, 0.15) is 25.6 Å². The first-order chi connectivity index (χ1) is 12.2. The number of benzene rings is 1. The third-order valence-corrected chi connectivity index (χ3v) is 4.71. The zero-order valence-electron chi connectivity index (χ0n) is 14.2. The van der Waals surface area contributed by atoms with Gasteiger partial charge in [-0.2, -0.15) is 0 Å². The number of amides is 1. The summed E-state index contributed by atoms with van der Waals surface area (Å²) in [7, 11) is 0. The van der Waals surface area contributed by atoms with Crippen molar-refractivity contribution in [2.24, 2.45) is 0 Å². The summed E-state index contributed by atoms with van der Waals surface area (Å²) in [6.07, 6.45) is 1.60. The first-order valence-corrected chi connectivity index (χ1v) is 9.11. The molecule has 0 spiro atoms. The number of furan rings is 1. The van der Waals surface area contributed by atoms with Crippen molar-refractivity contribution < 1.29 is 9.21 Å². The van der Waals surface area contributed by atoms with Crippen molar-refractivity contribution in [3.05, 3.63) is 54.5 Å². The van der Waals surface area contributed by atoms with Gasteiger partial charge in [0.15, 0.2) is 11.0 Å². The zero-order valence-corrected chi connectivity index (χ0v) is 15.0. The fourth-order valence-electron chi connectivity index (χ4n) is 2.50. The second-order valence-corrected chi connectivity index (χ2v) is 6.45. The van der Waals surface area contributed by atoms with E-state index in [1.165, 1.54) is 11.8 Å². The van der Waals surface area contributed by atoms with Gasteiger partial charge in [0.2, 0.25) is 5.91 Å². The van der Waals surface area contributed by atoms with Crippen LogP contribution >= 0.6 is 11.8 Å². The van der Waals surface area contributed by atoms with E-state index in [1.807, 2.05) is 60.9 Å². The number of hydrogen-bond donors (Lipinski definition) is 1. The first-order valence-electron chi connectivity index (χ1n) is 8.13. The number of aromatic nitrogens is 3. The van der Waals surface area contributed by atoms with Crippen LogP contribution in [0.25, 0.3) is 11.4 Å². The molecule has 1 aromatic carbocycles. The molecule has 6 nitrogen and oxygen atoms in total. The highest BCUT2D eigenvalue weighted by Gasteiger charge is 2.16. The Morgan fingerprint density at radius 1 is 1.24 bits per heavy atom. The van der Waals surface area contributed by atoms with Gasteiger partial charge < -0.3 is 14.3 Å². The van der Waals surface area contributed by atoms with Crippen LogP contribution in [0.2, 0.25) is 0 Å². The molecule has 3 aromatic rings. The molecule has 0 unspecified atom stereocenters. The van der Waals surface area contributed by atoms with Gasteiger partial charge in [-0.15, -0.1) is 10.2 Å². The molecular weight excluding hydrogens is 336 g/mol. The topological polar surface area (TPSA) is 73.0 Å². The van der Waals surface area contributed by atoms with E-state index in [4.69, 9.17) is 4.42 Å². The summed E-state index contributed by atoms with van der Waals surface area (Å²) in [6.45, 7) is 4.67. The smallest absolute Gasteiger partial charge is 0.231 e. The minimum atomic E-state index is -0.160. The number of rotatable bonds is 7. The monoisotopic (exact) mass is 356 g/mol. The van der Waals surface area contributed by atoms with Crippen LogP contribution in [0.15, 0.2) is 58.3 Å². The van der Waals surface area contributed by atoms with E-state index in [2.05, 4.69) is 15.5 Å². The molecule has 0 radical (unpaired) electrons. The maximum atomic E-state index is 12.2. The number of carbonyl (C=O) groups is 1. The predicted octanol–water partition coefficient (Wildman–Crippen LogP) is 3.53. The summed E-state index contributed by atoms with van der Waals surface area (Å²) in [6, 6.07) is 13.4. The molecule has 2 aromatic heterocycles. The summed E-state index contributed by atoms with van der Waals surface area (Å²) < 4.78 is 7.32. The molecule has 1 N–H and O–H groups in total. The highest BCUT2D eigenvalue weighted by Crippen LogP contribution is 2.23. The fraction of sp³-hybridized carbons (Fsp3) is 0.278. The van der Waals surface area contributed by atoms with Gasteiger partial charge in [0.1, 0.15) is 5.76 Å². The normalized spacial score (nSPS) is 12.1. The van der Waals surface area contributed by atoms with E-state index in [-0.39, 0.29) is 17.7 Å². The zero-order chi connectivity index (χ0) is 17.6. The van der Waals surface area contributed by atoms with Crippen LogP contribution in [-0.2, 0) is 11.3 Å². The number of thioether (sulfide) groups is 1. The van der Waals surface area contributed by atoms with E-state index < -0.39 is 0 Å². The average molecular weight is 356 g/mol.